The van der Waals surface area contributed by atoms with Gasteiger partial charge in [-0.2, -0.15) is 0 Å². The van der Waals surface area contributed by atoms with E-state index in [0.29, 0.717) is 0 Å². The topological polar surface area (TPSA) is 76.1 Å². The van der Waals surface area contributed by atoms with Crippen LogP contribution in [0.15, 0.2) is 30.3 Å². The van der Waals surface area contributed by atoms with Crippen LogP contribution in [0.2, 0.25) is 0 Å². The van der Waals surface area contributed by atoms with Crippen LogP contribution in [0.5, 0.6) is 0 Å². The predicted octanol–water partition coefficient (Wildman–Crippen LogP) is 2.68. The lowest BCUT2D eigenvalue weighted by Crippen LogP contribution is -2.12. The smallest absolute Gasteiger partial charge is 0.412 e. The Hall–Kier alpha value is -2.77. The SMILES string of the molecule is COC(=O)Nc1ccc(Nc2c(F)cccc2F)nn1. The number of anilines is 3. The lowest BCUT2D eigenvalue weighted by atomic mass is 10.3. The Labute approximate surface area is 112 Å². The fraction of sp³-hybridized carbons (Fsp3) is 0.0833. The number of halogens is 2. The van der Waals surface area contributed by atoms with Crippen LogP contribution in [0.3, 0.4) is 0 Å². The molecule has 1 heterocycles. The van der Waals surface area contributed by atoms with Crippen molar-refractivity contribution in [1.29, 1.82) is 0 Å². The van der Waals surface area contributed by atoms with Crippen LogP contribution in [0, 0.1) is 11.6 Å². The number of hydrogen-bond donors (Lipinski definition) is 2. The molecule has 0 bridgehead atoms. The second-order valence-corrected chi connectivity index (χ2v) is 3.64. The highest BCUT2D eigenvalue weighted by atomic mass is 19.1. The minimum Gasteiger partial charge on any atom is -0.453 e. The normalized spacial score (nSPS) is 9.95. The molecule has 6 nitrogen and oxygen atoms in total. The van der Waals surface area contributed by atoms with Crippen LogP contribution in [0.4, 0.5) is 30.9 Å². The second-order valence-electron chi connectivity index (χ2n) is 3.64. The van der Waals surface area contributed by atoms with Crippen molar-refractivity contribution in [2.45, 2.75) is 0 Å². The zero-order valence-electron chi connectivity index (χ0n) is 10.4. The number of nitrogens with zero attached hydrogens (tertiary/aromatic N) is 2. The minimum absolute atomic E-state index is 0.129. The standard InChI is InChI=1S/C12H10F2N4O2/c1-20-12(19)16-10-6-5-9(17-18-10)15-11-7(13)3-2-4-8(11)14/h2-6H,1H3,(H,15,17)(H,16,18,19). The van der Waals surface area contributed by atoms with Crippen LogP contribution in [-0.4, -0.2) is 23.4 Å². The lowest BCUT2D eigenvalue weighted by molar-refractivity contribution is 0.187. The van der Waals surface area contributed by atoms with Gasteiger partial charge in [-0.25, -0.2) is 13.6 Å². The number of benzene rings is 1. The number of hydrogen-bond acceptors (Lipinski definition) is 5. The van der Waals surface area contributed by atoms with E-state index in [1.54, 1.807) is 0 Å². The molecule has 0 aliphatic rings. The monoisotopic (exact) mass is 280 g/mol. The lowest BCUT2D eigenvalue weighted by Gasteiger charge is -2.07. The van der Waals surface area contributed by atoms with Crippen LogP contribution in [-0.2, 0) is 4.74 Å². The van der Waals surface area contributed by atoms with E-state index in [-0.39, 0.29) is 17.3 Å². The number of methoxy groups -OCH3 is 1. The predicted molar refractivity (Wildman–Crippen MR) is 67.7 cm³/mol. The molecular formula is C12H10F2N4O2. The van der Waals surface area contributed by atoms with Crippen molar-refractivity contribution >= 4 is 23.4 Å². The molecule has 0 atom stereocenters. The number of ether oxygens (including phenoxy) is 1. The van der Waals surface area contributed by atoms with E-state index in [1.807, 2.05) is 0 Å². The molecule has 8 heteroatoms. The van der Waals surface area contributed by atoms with E-state index in [0.717, 1.165) is 12.1 Å². The molecule has 20 heavy (non-hydrogen) atoms. The van der Waals surface area contributed by atoms with Gasteiger partial charge in [-0.05, 0) is 24.3 Å². The third kappa shape index (κ3) is 3.16. The van der Waals surface area contributed by atoms with Crippen molar-refractivity contribution in [3.05, 3.63) is 42.0 Å². The van der Waals surface area contributed by atoms with E-state index in [4.69, 9.17) is 0 Å². The van der Waals surface area contributed by atoms with Crippen molar-refractivity contribution in [1.82, 2.24) is 10.2 Å². The van der Waals surface area contributed by atoms with Gasteiger partial charge < -0.3 is 10.1 Å². The summed E-state index contributed by atoms with van der Waals surface area (Å²) in [7, 11) is 1.21. The Balaban J connectivity index is 2.13. The average Bonchev–Trinajstić information content (AvgIpc) is 2.44. The number of aromatic nitrogens is 2. The molecule has 0 aliphatic heterocycles. The first-order chi connectivity index (χ1) is 9.60. The van der Waals surface area contributed by atoms with Gasteiger partial charge in [0.25, 0.3) is 0 Å². The summed E-state index contributed by atoms with van der Waals surface area (Å²) in [5.74, 6) is -1.21. The van der Waals surface area contributed by atoms with Gasteiger partial charge in [0.2, 0.25) is 0 Å². The summed E-state index contributed by atoms with van der Waals surface area (Å²) in [6.45, 7) is 0. The molecule has 2 aromatic rings. The van der Waals surface area contributed by atoms with Gasteiger partial charge in [0.15, 0.2) is 11.6 Å². The van der Waals surface area contributed by atoms with Gasteiger partial charge >= 0.3 is 6.09 Å². The Morgan fingerprint density at radius 3 is 2.25 bits per heavy atom. The summed E-state index contributed by atoms with van der Waals surface area (Å²) in [4.78, 5) is 10.9. The number of amides is 1. The number of nitrogens with one attached hydrogen (secondary N) is 2. The van der Waals surface area contributed by atoms with Crippen LogP contribution in [0.25, 0.3) is 0 Å². The summed E-state index contributed by atoms with van der Waals surface area (Å²) < 4.78 is 31.2. The molecule has 104 valence electrons. The summed E-state index contributed by atoms with van der Waals surface area (Å²) >= 11 is 0. The summed E-state index contributed by atoms with van der Waals surface area (Å²) in [5, 5.41) is 12.1. The van der Waals surface area contributed by atoms with E-state index in [1.165, 1.54) is 25.3 Å². The van der Waals surface area contributed by atoms with Crippen molar-refractivity contribution in [2.75, 3.05) is 17.7 Å². The molecule has 1 aromatic heterocycles. The highest BCUT2D eigenvalue weighted by molar-refractivity contribution is 5.83. The van der Waals surface area contributed by atoms with Gasteiger partial charge in [0.05, 0.1) is 7.11 Å². The van der Waals surface area contributed by atoms with E-state index in [2.05, 4.69) is 25.6 Å². The van der Waals surface area contributed by atoms with Crippen LogP contribution in [0.1, 0.15) is 0 Å². The molecule has 0 spiro atoms. The Morgan fingerprint density at radius 1 is 1.10 bits per heavy atom. The maximum Gasteiger partial charge on any atom is 0.412 e. The molecule has 2 rings (SSSR count). The Kier molecular flexibility index (Phi) is 4.04. The molecule has 0 saturated heterocycles. The molecule has 0 aliphatic carbocycles. The Morgan fingerprint density at radius 2 is 1.70 bits per heavy atom. The van der Waals surface area contributed by atoms with Gasteiger partial charge in [0.1, 0.15) is 17.3 Å². The van der Waals surface area contributed by atoms with E-state index in [9.17, 15) is 13.6 Å². The first kappa shape index (κ1) is 13.7. The first-order valence-corrected chi connectivity index (χ1v) is 5.50. The first-order valence-electron chi connectivity index (χ1n) is 5.50. The fourth-order valence-electron chi connectivity index (χ4n) is 1.37. The van der Waals surface area contributed by atoms with Gasteiger partial charge in [-0.3, -0.25) is 5.32 Å². The van der Waals surface area contributed by atoms with Crippen LogP contribution < -0.4 is 10.6 Å². The van der Waals surface area contributed by atoms with Crippen molar-refractivity contribution in [3.8, 4) is 0 Å². The zero-order valence-corrected chi connectivity index (χ0v) is 10.4. The third-order valence-electron chi connectivity index (χ3n) is 2.30. The van der Waals surface area contributed by atoms with Gasteiger partial charge in [0, 0.05) is 0 Å². The largest absolute Gasteiger partial charge is 0.453 e. The maximum absolute atomic E-state index is 13.4. The van der Waals surface area contributed by atoms with Gasteiger partial charge in [-0.1, -0.05) is 6.07 Å². The molecule has 0 radical (unpaired) electrons. The average molecular weight is 280 g/mol. The van der Waals surface area contributed by atoms with Gasteiger partial charge in [-0.15, -0.1) is 10.2 Å². The van der Waals surface area contributed by atoms with Crippen molar-refractivity contribution < 1.29 is 18.3 Å². The number of rotatable bonds is 3. The fourth-order valence-corrected chi connectivity index (χ4v) is 1.37. The van der Waals surface area contributed by atoms with E-state index < -0.39 is 17.7 Å². The summed E-state index contributed by atoms with van der Waals surface area (Å²) in [5.41, 5.74) is -0.324. The maximum atomic E-state index is 13.4. The third-order valence-corrected chi connectivity index (χ3v) is 2.30. The summed E-state index contributed by atoms with van der Waals surface area (Å²) in [6, 6.07) is 6.30. The highest BCUT2D eigenvalue weighted by Crippen LogP contribution is 2.21. The number of carbonyl (C=O) groups excluding carboxylic acids is 1. The summed E-state index contributed by atoms with van der Waals surface area (Å²) in [6.07, 6.45) is -0.694. The molecular weight excluding hydrogens is 270 g/mol. The van der Waals surface area contributed by atoms with Crippen molar-refractivity contribution in [2.24, 2.45) is 0 Å². The second kappa shape index (κ2) is 5.91. The molecule has 1 amide bonds. The molecule has 2 N–H and O–H groups in total. The number of para-hydroxylation sites is 1. The van der Waals surface area contributed by atoms with Crippen LogP contribution >= 0.6 is 0 Å². The zero-order chi connectivity index (χ0) is 14.5. The highest BCUT2D eigenvalue weighted by Gasteiger charge is 2.09. The molecule has 0 unspecified atom stereocenters. The molecule has 0 saturated carbocycles. The quantitative estimate of drug-likeness (QED) is 0.904. The van der Waals surface area contributed by atoms with Crippen molar-refractivity contribution in [3.63, 3.8) is 0 Å². The number of carbonyl (C=O) groups is 1. The Bertz CT molecular complexity index is 599. The minimum atomic E-state index is -0.747. The van der Waals surface area contributed by atoms with E-state index >= 15 is 0 Å². The molecule has 1 aromatic carbocycles. The molecule has 0 fully saturated rings.